The number of carbonyl (C=O) groups is 2. The summed E-state index contributed by atoms with van der Waals surface area (Å²) in [6.07, 6.45) is 0.280. The van der Waals surface area contributed by atoms with Crippen molar-refractivity contribution in [1.29, 1.82) is 0 Å². The highest BCUT2D eigenvalue weighted by Crippen LogP contribution is 2.37. The van der Waals surface area contributed by atoms with Crippen molar-refractivity contribution in [2.45, 2.75) is 32.1 Å². The van der Waals surface area contributed by atoms with Crippen molar-refractivity contribution in [3.63, 3.8) is 0 Å². The van der Waals surface area contributed by atoms with Crippen LogP contribution in [0.15, 0.2) is 48.5 Å². The predicted octanol–water partition coefficient (Wildman–Crippen LogP) is 2.74. The van der Waals surface area contributed by atoms with Crippen LogP contribution in [0.5, 0.6) is 11.5 Å². The Hall–Kier alpha value is -3.10. The molecule has 0 fully saturated rings. The van der Waals surface area contributed by atoms with Gasteiger partial charge in [0.2, 0.25) is 0 Å². The summed E-state index contributed by atoms with van der Waals surface area (Å²) in [6.45, 7) is 2.04. The number of aliphatic hydroxyl groups is 1. The van der Waals surface area contributed by atoms with E-state index >= 15 is 0 Å². The maximum atomic E-state index is 12.2. The van der Waals surface area contributed by atoms with E-state index in [1.165, 1.54) is 6.92 Å². The SMILES string of the molecule is CC(CO)(COOC(=O)CCC(C)(c1ccc(O)cc1)c1ccc(O)cc1)C(=O)O. The molecule has 0 amide bonds. The van der Waals surface area contributed by atoms with Gasteiger partial charge in [0.05, 0.1) is 6.61 Å². The first-order chi connectivity index (χ1) is 14.1. The molecule has 4 N–H and O–H groups in total. The van der Waals surface area contributed by atoms with Crippen molar-refractivity contribution in [2.75, 3.05) is 13.2 Å². The molecule has 0 saturated carbocycles. The summed E-state index contributed by atoms with van der Waals surface area (Å²) in [5.74, 6) is -1.73. The maximum Gasteiger partial charge on any atom is 0.342 e. The molecule has 0 saturated heterocycles. The van der Waals surface area contributed by atoms with Crippen LogP contribution in [0.25, 0.3) is 0 Å². The highest BCUT2D eigenvalue weighted by atomic mass is 17.2. The van der Waals surface area contributed by atoms with Crippen LogP contribution < -0.4 is 0 Å². The summed E-state index contributed by atoms with van der Waals surface area (Å²) >= 11 is 0. The van der Waals surface area contributed by atoms with Crippen LogP contribution in [-0.2, 0) is 24.8 Å². The van der Waals surface area contributed by atoms with E-state index in [2.05, 4.69) is 0 Å². The number of benzene rings is 2. The third-order valence-corrected chi connectivity index (χ3v) is 5.23. The number of aromatic hydroxyl groups is 2. The van der Waals surface area contributed by atoms with E-state index in [1.807, 2.05) is 6.92 Å². The van der Waals surface area contributed by atoms with E-state index in [0.29, 0.717) is 6.42 Å². The molecule has 0 aliphatic rings. The van der Waals surface area contributed by atoms with E-state index in [4.69, 9.17) is 14.9 Å². The molecule has 8 nitrogen and oxygen atoms in total. The Balaban J connectivity index is 2.10. The molecule has 2 aromatic rings. The Morgan fingerprint density at radius 3 is 1.77 bits per heavy atom. The number of phenolic OH excluding ortho intramolecular Hbond substituents is 2. The second kappa shape index (κ2) is 9.60. The van der Waals surface area contributed by atoms with Gasteiger partial charge in [-0.1, -0.05) is 31.2 Å². The largest absolute Gasteiger partial charge is 0.508 e. The zero-order valence-corrected chi connectivity index (χ0v) is 16.9. The van der Waals surface area contributed by atoms with Crippen LogP contribution in [0, 0.1) is 5.41 Å². The van der Waals surface area contributed by atoms with Crippen molar-refractivity contribution >= 4 is 11.9 Å². The molecule has 0 spiro atoms. The summed E-state index contributed by atoms with van der Waals surface area (Å²) in [4.78, 5) is 32.8. The number of aliphatic hydroxyl groups excluding tert-OH is 1. The third-order valence-electron chi connectivity index (χ3n) is 5.23. The lowest BCUT2D eigenvalue weighted by atomic mass is 9.73. The minimum Gasteiger partial charge on any atom is -0.508 e. The van der Waals surface area contributed by atoms with Crippen LogP contribution in [-0.4, -0.2) is 45.6 Å². The lowest BCUT2D eigenvalue weighted by Gasteiger charge is -2.31. The van der Waals surface area contributed by atoms with E-state index in [0.717, 1.165) is 11.1 Å². The first kappa shape index (κ1) is 23.2. The highest BCUT2D eigenvalue weighted by molar-refractivity contribution is 5.74. The van der Waals surface area contributed by atoms with Crippen molar-refractivity contribution < 1.29 is 39.8 Å². The fourth-order valence-corrected chi connectivity index (χ4v) is 2.91. The number of carboxylic acid groups (broad SMARTS) is 1. The number of carboxylic acids is 1. The molecule has 0 aromatic heterocycles. The van der Waals surface area contributed by atoms with Gasteiger partial charge in [0.25, 0.3) is 0 Å². The van der Waals surface area contributed by atoms with Crippen LogP contribution in [0.3, 0.4) is 0 Å². The monoisotopic (exact) mass is 418 g/mol. The Morgan fingerprint density at radius 1 is 0.900 bits per heavy atom. The average molecular weight is 418 g/mol. The van der Waals surface area contributed by atoms with Gasteiger partial charge in [-0.15, -0.1) is 0 Å². The zero-order valence-electron chi connectivity index (χ0n) is 16.9. The topological polar surface area (TPSA) is 134 Å². The highest BCUT2D eigenvalue weighted by Gasteiger charge is 2.34. The molecule has 0 radical (unpaired) electrons. The van der Waals surface area contributed by atoms with Gasteiger partial charge in [0.15, 0.2) is 0 Å². The number of rotatable bonds is 10. The lowest BCUT2D eigenvalue weighted by molar-refractivity contribution is -0.286. The maximum absolute atomic E-state index is 12.2. The molecule has 2 aromatic carbocycles. The number of carbonyl (C=O) groups excluding carboxylic acids is 1. The predicted molar refractivity (Wildman–Crippen MR) is 107 cm³/mol. The molecule has 0 heterocycles. The molecule has 0 bridgehead atoms. The van der Waals surface area contributed by atoms with Gasteiger partial charge in [-0.05, 0) is 48.7 Å². The summed E-state index contributed by atoms with van der Waals surface area (Å²) < 4.78 is 0. The third kappa shape index (κ3) is 5.49. The number of phenols is 2. The Kier molecular flexibility index (Phi) is 7.42. The zero-order chi connectivity index (χ0) is 22.4. The summed E-state index contributed by atoms with van der Waals surface area (Å²) in [6, 6.07) is 13.2. The van der Waals surface area contributed by atoms with Gasteiger partial charge < -0.3 is 20.4 Å². The second-order valence-electron chi connectivity index (χ2n) is 7.67. The molecule has 162 valence electrons. The van der Waals surface area contributed by atoms with Crippen LogP contribution >= 0.6 is 0 Å². The van der Waals surface area contributed by atoms with Gasteiger partial charge in [-0.3, -0.25) is 9.68 Å². The number of aliphatic carboxylic acids is 1. The minimum absolute atomic E-state index is 0.0405. The molecular formula is C22H26O8. The molecule has 30 heavy (non-hydrogen) atoms. The minimum atomic E-state index is -1.58. The van der Waals surface area contributed by atoms with Gasteiger partial charge >= 0.3 is 11.9 Å². The van der Waals surface area contributed by atoms with E-state index in [1.54, 1.807) is 48.5 Å². The van der Waals surface area contributed by atoms with Crippen molar-refractivity contribution in [3.05, 3.63) is 59.7 Å². The summed E-state index contributed by atoms with van der Waals surface area (Å²) in [7, 11) is 0. The average Bonchev–Trinajstić information content (AvgIpc) is 2.72. The van der Waals surface area contributed by atoms with Crippen LogP contribution in [0.4, 0.5) is 0 Å². The van der Waals surface area contributed by atoms with Crippen LogP contribution in [0.2, 0.25) is 0 Å². The molecule has 8 heteroatoms. The number of hydrogen-bond donors (Lipinski definition) is 4. The Labute approximate surface area is 174 Å². The van der Waals surface area contributed by atoms with Crippen LogP contribution in [0.1, 0.15) is 37.8 Å². The fourth-order valence-electron chi connectivity index (χ4n) is 2.91. The van der Waals surface area contributed by atoms with Gasteiger partial charge in [-0.2, -0.15) is 4.89 Å². The first-order valence-electron chi connectivity index (χ1n) is 9.36. The van der Waals surface area contributed by atoms with Gasteiger partial charge in [-0.25, -0.2) is 4.79 Å². The van der Waals surface area contributed by atoms with Crippen molar-refractivity contribution in [2.24, 2.45) is 5.41 Å². The normalized spacial score (nSPS) is 13.4. The second-order valence-corrected chi connectivity index (χ2v) is 7.67. The lowest BCUT2D eigenvalue weighted by Crippen LogP contribution is -2.36. The molecule has 1 unspecified atom stereocenters. The fraction of sp³-hybridized carbons (Fsp3) is 0.364. The Morgan fingerprint density at radius 2 is 1.37 bits per heavy atom. The van der Waals surface area contributed by atoms with E-state index < -0.39 is 36.0 Å². The summed E-state index contributed by atoms with van der Waals surface area (Å²) in [5, 5.41) is 37.4. The standard InChI is InChI=1S/C22H26O8/c1-21(13-23,20(27)28)14-29-30-19(26)11-12-22(2,15-3-7-17(24)8-4-15)16-5-9-18(25)10-6-16/h3-10,23-25H,11-14H2,1-2H3,(H,27,28). The molecular weight excluding hydrogens is 392 g/mol. The Bertz CT molecular complexity index is 814. The van der Waals surface area contributed by atoms with E-state index in [-0.39, 0.29) is 17.9 Å². The molecule has 1 atom stereocenters. The summed E-state index contributed by atoms with van der Waals surface area (Å²) in [5.41, 5.74) is -0.523. The van der Waals surface area contributed by atoms with Crippen molar-refractivity contribution in [3.8, 4) is 11.5 Å². The quantitative estimate of drug-likeness (QED) is 0.342. The number of hydrogen-bond acceptors (Lipinski definition) is 7. The van der Waals surface area contributed by atoms with E-state index in [9.17, 15) is 24.9 Å². The van der Waals surface area contributed by atoms with Crippen molar-refractivity contribution in [1.82, 2.24) is 0 Å². The van der Waals surface area contributed by atoms with Gasteiger partial charge in [0, 0.05) is 11.8 Å². The molecule has 0 aliphatic carbocycles. The molecule has 0 aliphatic heterocycles. The van der Waals surface area contributed by atoms with Gasteiger partial charge in [0.1, 0.15) is 23.5 Å². The first-order valence-corrected chi connectivity index (χ1v) is 9.36. The smallest absolute Gasteiger partial charge is 0.342 e. The molecule has 2 rings (SSSR count).